The van der Waals surface area contributed by atoms with Gasteiger partial charge < -0.3 is 15.3 Å². The van der Waals surface area contributed by atoms with Crippen LogP contribution in [0.5, 0.6) is 0 Å². The summed E-state index contributed by atoms with van der Waals surface area (Å²) >= 11 is 0. The van der Waals surface area contributed by atoms with E-state index in [0.717, 1.165) is 32.1 Å². The quantitative estimate of drug-likeness (QED) is 0.814. The van der Waals surface area contributed by atoms with E-state index in [9.17, 15) is 14.7 Å². The van der Waals surface area contributed by atoms with Crippen LogP contribution in [0.2, 0.25) is 0 Å². The lowest BCUT2D eigenvalue weighted by Crippen LogP contribution is -2.59. The van der Waals surface area contributed by atoms with Crippen molar-refractivity contribution in [3.8, 4) is 0 Å². The summed E-state index contributed by atoms with van der Waals surface area (Å²) in [5.41, 5.74) is -1.05. The highest BCUT2D eigenvalue weighted by Gasteiger charge is 2.44. The third kappa shape index (κ3) is 3.07. The first-order valence-electron chi connectivity index (χ1n) is 7.84. The summed E-state index contributed by atoms with van der Waals surface area (Å²) in [6.45, 7) is 4.73. The van der Waals surface area contributed by atoms with Gasteiger partial charge >= 0.3 is 12.0 Å². The van der Waals surface area contributed by atoms with Crippen molar-refractivity contribution in [1.82, 2.24) is 10.2 Å². The van der Waals surface area contributed by atoms with Gasteiger partial charge in [-0.2, -0.15) is 0 Å². The van der Waals surface area contributed by atoms with Crippen LogP contribution in [0.1, 0.15) is 58.8 Å². The molecule has 2 fully saturated rings. The Morgan fingerprint density at radius 1 is 1.20 bits per heavy atom. The maximum Gasteiger partial charge on any atom is 0.329 e. The molecule has 0 aliphatic heterocycles. The second-order valence-electron chi connectivity index (χ2n) is 6.19. The number of hydrogen-bond donors (Lipinski definition) is 2. The minimum absolute atomic E-state index is 0.202. The number of carbonyl (C=O) groups excluding carboxylic acids is 1. The molecule has 2 rings (SSSR count). The van der Waals surface area contributed by atoms with Gasteiger partial charge in [-0.05, 0) is 51.4 Å². The molecule has 114 valence electrons. The van der Waals surface area contributed by atoms with Gasteiger partial charge in [0.25, 0.3) is 0 Å². The van der Waals surface area contributed by atoms with Crippen LogP contribution in [0.3, 0.4) is 0 Å². The molecule has 0 radical (unpaired) electrons. The van der Waals surface area contributed by atoms with E-state index in [1.807, 2.05) is 6.92 Å². The van der Waals surface area contributed by atoms with Crippen LogP contribution in [0.4, 0.5) is 4.79 Å². The van der Waals surface area contributed by atoms with Crippen molar-refractivity contribution in [2.45, 2.75) is 70.4 Å². The van der Waals surface area contributed by atoms with E-state index in [0.29, 0.717) is 31.3 Å². The lowest BCUT2D eigenvalue weighted by atomic mass is 9.75. The molecule has 0 aromatic carbocycles. The second kappa shape index (κ2) is 6.02. The predicted octanol–water partition coefficient (Wildman–Crippen LogP) is 2.60. The number of amides is 2. The van der Waals surface area contributed by atoms with Gasteiger partial charge in [0, 0.05) is 12.6 Å². The largest absolute Gasteiger partial charge is 0.480 e. The Balaban J connectivity index is 2.02. The first-order valence-corrected chi connectivity index (χ1v) is 7.84. The number of rotatable bonds is 5. The van der Waals surface area contributed by atoms with E-state index < -0.39 is 11.5 Å². The zero-order chi connectivity index (χ0) is 14.8. The third-order valence-corrected chi connectivity index (χ3v) is 4.88. The maximum absolute atomic E-state index is 12.3. The van der Waals surface area contributed by atoms with Crippen LogP contribution in [0.15, 0.2) is 0 Å². The Labute approximate surface area is 120 Å². The normalized spacial score (nSPS) is 29.8. The van der Waals surface area contributed by atoms with Gasteiger partial charge in [-0.1, -0.05) is 13.3 Å². The average Bonchev–Trinajstić information content (AvgIpc) is 3.25. The molecule has 20 heavy (non-hydrogen) atoms. The number of carbonyl (C=O) groups is 2. The Kier molecular flexibility index (Phi) is 4.55. The van der Waals surface area contributed by atoms with Gasteiger partial charge in [0.2, 0.25) is 0 Å². The lowest BCUT2D eigenvalue weighted by molar-refractivity contribution is -0.146. The SMILES string of the molecule is CCC1CCC(NC(=O)N(CC)C2CC2)(C(=O)O)CC1. The lowest BCUT2D eigenvalue weighted by Gasteiger charge is -2.38. The van der Waals surface area contributed by atoms with Crippen molar-refractivity contribution in [1.29, 1.82) is 0 Å². The number of hydrogen-bond acceptors (Lipinski definition) is 2. The Bertz CT molecular complexity index is 371. The summed E-state index contributed by atoms with van der Waals surface area (Å²) < 4.78 is 0. The second-order valence-corrected chi connectivity index (χ2v) is 6.19. The van der Waals surface area contributed by atoms with Crippen LogP contribution in [0, 0.1) is 5.92 Å². The first-order chi connectivity index (χ1) is 9.52. The molecular formula is C15H26N2O3. The number of nitrogens with one attached hydrogen (secondary N) is 1. The monoisotopic (exact) mass is 282 g/mol. The third-order valence-electron chi connectivity index (χ3n) is 4.88. The van der Waals surface area contributed by atoms with Crippen LogP contribution in [-0.2, 0) is 4.79 Å². The fourth-order valence-electron chi connectivity index (χ4n) is 3.20. The van der Waals surface area contributed by atoms with E-state index in [4.69, 9.17) is 0 Å². The van der Waals surface area contributed by atoms with Gasteiger partial charge in [0.15, 0.2) is 0 Å². The van der Waals surface area contributed by atoms with Crippen LogP contribution < -0.4 is 5.32 Å². The molecule has 0 atom stereocenters. The topological polar surface area (TPSA) is 69.6 Å². The van der Waals surface area contributed by atoms with Crippen molar-refractivity contribution in [3.63, 3.8) is 0 Å². The summed E-state index contributed by atoms with van der Waals surface area (Å²) in [6.07, 6.45) is 6.05. The minimum Gasteiger partial charge on any atom is -0.480 e. The standard InChI is InChI=1S/C15H26N2O3/c1-3-11-7-9-15(10-8-11,13(18)19)16-14(20)17(4-2)12-5-6-12/h11-12H,3-10H2,1-2H3,(H,16,20)(H,18,19). The molecule has 5 heteroatoms. The van der Waals surface area contributed by atoms with Gasteiger partial charge in [0.05, 0.1) is 0 Å². The molecule has 0 bridgehead atoms. The summed E-state index contributed by atoms with van der Waals surface area (Å²) in [6, 6.07) is 0.116. The van der Waals surface area contributed by atoms with E-state index in [2.05, 4.69) is 12.2 Å². The van der Waals surface area contributed by atoms with E-state index in [-0.39, 0.29) is 6.03 Å². The fraction of sp³-hybridized carbons (Fsp3) is 0.867. The van der Waals surface area contributed by atoms with Gasteiger partial charge in [-0.25, -0.2) is 9.59 Å². The molecule has 0 saturated heterocycles. The molecule has 0 aromatic heterocycles. The number of aliphatic carboxylic acids is 1. The van der Waals surface area contributed by atoms with Crippen LogP contribution in [-0.4, -0.2) is 40.1 Å². The fourth-order valence-corrected chi connectivity index (χ4v) is 3.20. The smallest absolute Gasteiger partial charge is 0.329 e. The molecule has 0 heterocycles. The molecule has 2 aliphatic carbocycles. The highest BCUT2D eigenvalue weighted by molar-refractivity contribution is 5.86. The maximum atomic E-state index is 12.3. The first kappa shape index (κ1) is 15.1. The van der Waals surface area contributed by atoms with Crippen molar-refractivity contribution >= 4 is 12.0 Å². The Morgan fingerprint density at radius 2 is 1.80 bits per heavy atom. The minimum atomic E-state index is -1.05. The average molecular weight is 282 g/mol. The summed E-state index contributed by atoms with van der Waals surface area (Å²) in [7, 11) is 0. The highest BCUT2D eigenvalue weighted by Crippen LogP contribution is 2.35. The number of nitrogens with zero attached hydrogens (tertiary/aromatic N) is 1. The van der Waals surface area contributed by atoms with Crippen molar-refractivity contribution in [3.05, 3.63) is 0 Å². The Morgan fingerprint density at radius 3 is 2.20 bits per heavy atom. The molecule has 0 aromatic rings. The van der Waals surface area contributed by atoms with Crippen LogP contribution in [0.25, 0.3) is 0 Å². The summed E-state index contributed by atoms with van der Waals surface area (Å²) in [5.74, 6) is -0.280. The van der Waals surface area contributed by atoms with Crippen LogP contribution >= 0.6 is 0 Å². The Hall–Kier alpha value is -1.26. The van der Waals surface area contributed by atoms with Gasteiger partial charge in [-0.15, -0.1) is 0 Å². The summed E-state index contributed by atoms with van der Waals surface area (Å²) in [5, 5.41) is 12.4. The molecule has 2 N–H and O–H groups in total. The molecule has 2 saturated carbocycles. The number of urea groups is 1. The molecule has 2 aliphatic rings. The molecular weight excluding hydrogens is 256 g/mol. The summed E-state index contributed by atoms with van der Waals surface area (Å²) in [4.78, 5) is 25.8. The van der Waals surface area contributed by atoms with E-state index in [1.165, 1.54) is 0 Å². The molecule has 0 spiro atoms. The van der Waals surface area contributed by atoms with Crippen molar-refractivity contribution in [2.75, 3.05) is 6.54 Å². The van der Waals surface area contributed by atoms with E-state index >= 15 is 0 Å². The van der Waals surface area contributed by atoms with E-state index in [1.54, 1.807) is 4.90 Å². The van der Waals surface area contributed by atoms with Crippen molar-refractivity contribution < 1.29 is 14.7 Å². The zero-order valence-electron chi connectivity index (χ0n) is 12.5. The molecule has 5 nitrogen and oxygen atoms in total. The highest BCUT2D eigenvalue weighted by atomic mass is 16.4. The molecule has 0 unspecified atom stereocenters. The zero-order valence-corrected chi connectivity index (χ0v) is 12.5. The molecule has 2 amide bonds. The van der Waals surface area contributed by atoms with Gasteiger partial charge in [0.1, 0.15) is 5.54 Å². The van der Waals surface area contributed by atoms with Crippen molar-refractivity contribution in [2.24, 2.45) is 5.92 Å². The number of carboxylic acid groups (broad SMARTS) is 1. The number of carboxylic acids is 1. The predicted molar refractivity (Wildman–Crippen MR) is 76.5 cm³/mol. The van der Waals surface area contributed by atoms with Gasteiger partial charge in [-0.3, -0.25) is 0 Å².